The van der Waals surface area contributed by atoms with Crippen LogP contribution < -0.4 is 0 Å². The fourth-order valence-electron chi connectivity index (χ4n) is 2.76. The topological polar surface area (TPSA) is 79.7 Å². The van der Waals surface area contributed by atoms with Crippen LogP contribution >= 0.6 is 11.3 Å². The first-order chi connectivity index (χ1) is 11.1. The Morgan fingerprint density at radius 1 is 1.26 bits per heavy atom. The van der Waals surface area contributed by atoms with Crippen molar-refractivity contribution in [1.82, 2.24) is 9.88 Å². The second-order valence-electron chi connectivity index (χ2n) is 5.56. The van der Waals surface area contributed by atoms with E-state index in [-0.39, 0.29) is 12.5 Å². The Labute approximate surface area is 137 Å². The van der Waals surface area contributed by atoms with Crippen molar-refractivity contribution in [3.8, 4) is 0 Å². The number of hydrogen-bond acceptors (Lipinski definition) is 5. The van der Waals surface area contributed by atoms with E-state index in [4.69, 9.17) is 14.8 Å². The van der Waals surface area contributed by atoms with Crippen LogP contribution in [0.3, 0.4) is 0 Å². The Hall–Kier alpha value is -1.99. The molecule has 1 amide bonds. The van der Waals surface area contributed by atoms with E-state index in [9.17, 15) is 9.59 Å². The van der Waals surface area contributed by atoms with E-state index in [0.29, 0.717) is 19.0 Å². The van der Waals surface area contributed by atoms with Gasteiger partial charge in [0, 0.05) is 19.0 Å². The Balaban J connectivity index is 1.53. The maximum atomic E-state index is 12.0. The smallest absolute Gasteiger partial charge is 0.329 e. The second kappa shape index (κ2) is 7.06. The molecule has 23 heavy (non-hydrogen) atoms. The number of nitrogens with zero attached hydrogens (tertiary/aromatic N) is 2. The summed E-state index contributed by atoms with van der Waals surface area (Å²) < 4.78 is 6.06. The van der Waals surface area contributed by atoms with E-state index < -0.39 is 12.6 Å². The molecule has 1 saturated heterocycles. The minimum Gasteiger partial charge on any atom is -0.480 e. The molecule has 0 unspecified atom stereocenters. The Morgan fingerprint density at radius 3 is 2.70 bits per heavy atom. The number of likely N-dealkylation sites (tertiary alicyclic amines) is 1. The molecule has 0 radical (unpaired) electrons. The Bertz CT molecular complexity index is 674. The van der Waals surface area contributed by atoms with Gasteiger partial charge in [-0.2, -0.15) is 0 Å². The standard InChI is InChI=1S/C16H18N2O4S/c19-14(9-22-10-15(20)21)18-7-5-11(6-8-18)16-17-12-3-1-2-4-13(12)23-16/h1-4,11H,5-10H2,(H,20,21). The summed E-state index contributed by atoms with van der Waals surface area (Å²) in [6, 6.07) is 8.11. The number of hydrogen-bond donors (Lipinski definition) is 1. The van der Waals surface area contributed by atoms with Gasteiger partial charge >= 0.3 is 5.97 Å². The van der Waals surface area contributed by atoms with Crippen molar-refractivity contribution in [3.63, 3.8) is 0 Å². The van der Waals surface area contributed by atoms with Crippen LogP contribution in [-0.2, 0) is 14.3 Å². The van der Waals surface area contributed by atoms with Crippen molar-refractivity contribution in [3.05, 3.63) is 29.3 Å². The van der Waals surface area contributed by atoms with Crippen LogP contribution in [-0.4, -0.2) is 53.2 Å². The lowest BCUT2D eigenvalue weighted by Gasteiger charge is -2.31. The van der Waals surface area contributed by atoms with Crippen LogP contribution in [0.5, 0.6) is 0 Å². The number of ether oxygens (including phenoxy) is 1. The fraction of sp³-hybridized carbons (Fsp3) is 0.438. The van der Waals surface area contributed by atoms with E-state index in [1.165, 1.54) is 4.70 Å². The first-order valence-corrected chi connectivity index (χ1v) is 8.38. The van der Waals surface area contributed by atoms with E-state index in [1.807, 2.05) is 18.2 Å². The SMILES string of the molecule is O=C(O)COCC(=O)N1CCC(c2nc3ccccc3s2)CC1. The van der Waals surface area contributed by atoms with Gasteiger partial charge < -0.3 is 14.7 Å². The highest BCUT2D eigenvalue weighted by molar-refractivity contribution is 7.18. The van der Waals surface area contributed by atoms with Crippen LogP contribution in [0.15, 0.2) is 24.3 Å². The van der Waals surface area contributed by atoms with Gasteiger partial charge in [0.15, 0.2) is 0 Å². The third-order valence-corrected chi connectivity index (χ3v) is 5.16. The van der Waals surface area contributed by atoms with Crippen LogP contribution in [0.1, 0.15) is 23.8 Å². The summed E-state index contributed by atoms with van der Waals surface area (Å²) in [7, 11) is 0. The fourth-order valence-corrected chi connectivity index (χ4v) is 3.89. The molecule has 1 fully saturated rings. The molecule has 0 saturated carbocycles. The van der Waals surface area contributed by atoms with Crippen LogP contribution in [0.25, 0.3) is 10.2 Å². The lowest BCUT2D eigenvalue weighted by molar-refractivity contribution is -0.146. The molecule has 1 N–H and O–H groups in total. The molecule has 0 bridgehead atoms. The van der Waals surface area contributed by atoms with Crippen molar-refractivity contribution in [2.75, 3.05) is 26.3 Å². The molecule has 0 spiro atoms. The maximum Gasteiger partial charge on any atom is 0.329 e. The van der Waals surface area contributed by atoms with Gasteiger partial charge in [0.1, 0.15) is 13.2 Å². The number of aliphatic carboxylic acids is 1. The zero-order chi connectivity index (χ0) is 16.2. The molecule has 2 heterocycles. The minimum absolute atomic E-state index is 0.144. The summed E-state index contributed by atoms with van der Waals surface area (Å²) in [5.74, 6) is -0.822. The highest BCUT2D eigenvalue weighted by atomic mass is 32.1. The molecular formula is C16H18N2O4S. The lowest BCUT2D eigenvalue weighted by atomic mass is 9.97. The van der Waals surface area contributed by atoms with Crippen LogP contribution in [0, 0.1) is 0 Å². The number of aromatic nitrogens is 1. The normalized spacial score (nSPS) is 15.9. The zero-order valence-electron chi connectivity index (χ0n) is 12.6. The molecule has 122 valence electrons. The molecule has 1 aromatic carbocycles. The van der Waals surface area contributed by atoms with E-state index in [0.717, 1.165) is 23.4 Å². The predicted octanol–water partition coefficient (Wildman–Crippen LogP) is 2.10. The summed E-state index contributed by atoms with van der Waals surface area (Å²) >= 11 is 1.73. The number of amides is 1. The number of fused-ring (bicyclic) bond motifs is 1. The highest BCUT2D eigenvalue weighted by Gasteiger charge is 2.25. The molecule has 1 aliphatic rings. The first-order valence-electron chi connectivity index (χ1n) is 7.56. The number of carbonyl (C=O) groups is 2. The second-order valence-corrected chi connectivity index (χ2v) is 6.62. The number of piperidine rings is 1. The van der Waals surface area contributed by atoms with Gasteiger partial charge in [-0.3, -0.25) is 4.79 Å². The lowest BCUT2D eigenvalue weighted by Crippen LogP contribution is -2.40. The molecular weight excluding hydrogens is 316 g/mol. The number of carboxylic acids is 1. The van der Waals surface area contributed by atoms with Crippen molar-refractivity contribution in [2.45, 2.75) is 18.8 Å². The van der Waals surface area contributed by atoms with E-state index in [1.54, 1.807) is 16.2 Å². The number of rotatable bonds is 5. The molecule has 3 rings (SSSR count). The van der Waals surface area contributed by atoms with Crippen molar-refractivity contribution < 1.29 is 19.4 Å². The molecule has 0 atom stereocenters. The summed E-state index contributed by atoms with van der Waals surface area (Å²) in [4.78, 5) is 28.8. The third kappa shape index (κ3) is 3.86. The van der Waals surface area contributed by atoms with Gasteiger partial charge in [0.2, 0.25) is 5.91 Å². The summed E-state index contributed by atoms with van der Waals surface area (Å²) in [5, 5.41) is 9.64. The van der Waals surface area contributed by atoms with Crippen molar-refractivity contribution >= 4 is 33.4 Å². The summed E-state index contributed by atoms with van der Waals surface area (Å²) in [6.07, 6.45) is 1.76. The number of thiazole rings is 1. The molecule has 6 nitrogen and oxygen atoms in total. The number of para-hydroxylation sites is 1. The molecule has 1 aromatic heterocycles. The molecule has 2 aromatic rings. The molecule has 1 aliphatic heterocycles. The average Bonchev–Trinajstić information content (AvgIpc) is 2.98. The maximum absolute atomic E-state index is 12.0. The van der Waals surface area contributed by atoms with Crippen LogP contribution in [0.4, 0.5) is 0 Å². The molecule has 7 heteroatoms. The van der Waals surface area contributed by atoms with Gasteiger partial charge in [0.05, 0.1) is 15.2 Å². The predicted molar refractivity (Wildman–Crippen MR) is 86.6 cm³/mol. The number of carboxylic acid groups (broad SMARTS) is 1. The van der Waals surface area contributed by atoms with E-state index in [2.05, 4.69) is 6.07 Å². The molecule has 0 aliphatic carbocycles. The van der Waals surface area contributed by atoms with Crippen molar-refractivity contribution in [2.24, 2.45) is 0 Å². The van der Waals surface area contributed by atoms with Gasteiger partial charge in [-0.05, 0) is 25.0 Å². The summed E-state index contributed by atoms with van der Waals surface area (Å²) in [6.45, 7) is 0.720. The van der Waals surface area contributed by atoms with Gasteiger partial charge in [0.25, 0.3) is 0 Å². The largest absolute Gasteiger partial charge is 0.480 e. The van der Waals surface area contributed by atoms with Crippen molar-refractivity contribution in [1.29, 1.82) is 0 Å². The third-order valence-electron chi connectivity index (χ3n) is 3.96. The average molecular weight is 334 g/mol. The van der Waals surface area contributed by atoms with Crippen LogP contribution in [0.2, 0.25) is 0 Å². The quantitative estimate of drug-likeness (QED) is 0.906. The minimum atomic E-state index is -1.06. The number of benzene rings is 1. The van der Waals surface area contributed by atoms with E-state index >= 15 is 0 Å². The Kier molecular flexibility index (Phi) is 4.88. The summed E-state index contributed by atoms with van der Waals surface area (Å²) in [5.41, 5.74) is 1.04. The van der Waals surface area contributed by atoms with Gasteiger partial charge in [-0.25, -0.2) is 9.78 Å². The van der Waals surface area contributed by atoms with Gasteiger partial charge in [-0.1, -0.05) is 12.1 Å². The monoisotopic (exact) mass is 334 g/mol. The van der Waals surface area contributed by atoms with Gasteiger partial charge in [-0.15, -0.1) is 11.3 Å². The zero-order valence-corrected chi connectivity index (χ0v) is 13.4. The Morgan fingerprint density at radius 2 is 2.00 bits per heavy atom. The highest BCUT2D eigenvalue weighted by Crippen LogP contribution is 2.33. The first kappa shape index (κ1) is 15.9. The number of carbonyl (C=O) groups excluding carboxylic acids is 1.